The molecular formula is C12H15BrN2OS. The standard InChI is InChI=1S/C12H15BrN2OS/c1-8-2-3-9(4-11(8)13)15-6-10(5-14)17-7-12(15)16/h2-4,10H,5-7,14H2,1H3. The lowest BCUT2D eigenvalue weighted by Gasteiger charge is -2.31. The summed E-state index contributed by atoms with van der Waals surface area (Å²) in [7, 11) is 0. The van der Waals surface area contributed by atoms with Gasteiger partial charge in [0, 0.05) is 28.5 Å². The number of halogens is 1. The van der Waals surface area contributed by atoms with Gasteiger partial charge in [0.05, 0.1) is 5.75 Å². The van der Waals surface area contributed by atoms with Gasteiger partial charge in [0.1, 0.15) is 0 Å². The number of carbonyl (C=O) groups is 1. The molecule has 2 rings (SSSR count). The van der Waals surface area contributed by atoms with Crippen LogP contribution in [-0.2, 0) is 4.79 Å². The molecule has 0 spiro atoms. The molecule has 1 saturated heterocycles. The Balaban J connectivity index is 2.24. The zero-order chi connectivity index (χ0) is 12.4. The summed E-state index contributed by atoms with van der Waals surface area (Å²) in [6.45, 7) is 3.35. The minimum atomic E-state index is 0.162. The average molecular weight is 315 g/mol. The molecule has 1 atom stereocenters. The van der Waals surface area contributed by atoms with E-state index in [0.717, 1.165) is 10.2 Å². The second-order valence-electron chi connectivity index (χ2n) is 4.11. The normalized spacial score (nSPS) is 20.8. The summed E-state index contributed by atoms with van der Waals surface area (Å²) in [5, 5.41) is 0.341. The molecule has 1 fully saturated rings. The number of amides is 1. The van der Waals surface area contributed by atoms with Crippen molar-refractivity contribution in [3.8, 4) is 0 Å². The molecule has 3 nitrogen and oxygen atoms in total. The molecule has 1 unspecified atom stereocenters. The molecule has 0 aliphatic carbocycles. The van der Waals surface area contributed by atoms with Crippen LogP contribution < -0.4 is 10.6 Å². The molecule has 2 N–H and O–H groups in total. The smallest absolute Gasteiger partial charge is 0.237 e. The molecule has 1 aromatic carbocycles. The lowest BCUT2D eigenvalue weighted by Crippen LogP contribution is -2.45. The number of carbonyl (C=O) groups excluding carboxylic acids is 1. The predicted molar refractivity (Wildman–Crippen MR) is 76.5 cm³/mol. The van der Waals surface area contributed by atoms with Crippen LogP contribution in [-0.4, -0.2) is 30.0 Å². The van der Waals surface area contributed by atoms with Gasteiger partial charge < -0.3 is 10.6 Å². The fourth-order valence-corrected chi connectivity index (χ4v) is 3.06. The minimum Gasteiger partial charge on any atom is -0.329 e. The zero-order valence-electron chi connectivity index (χ0n) is 9.65. The van der Waals surface area contributed by atoms with Crippen molar-refractivity contribution in [1.82, 2.24) is 0 Å². The van der Waals surface area contributed by atoms with Gasteiger partial charge in [-0.3, -0.25) is 4.79 Å². The topological polar surface area (TPSA) is 46.3 Å². The maximum Gasteiger partial charge on any atom is 0.237 e. The van der Waals surface area contributed by atoms with Crippen LogP contribution in [0.2, 0.25) is 0 Å². The van der Waals surface area contributed by atoms with Gasteiger partial charge in [-0.2, -0.15) is 0 Å². The van der Waals surface area contributed by atoms with Crippen molar-refractivity contribution < 1.29 is 4.79 Å². The first-order valence-corrected chi connectivity index (χ1v) is 7.34. The number of hydrogen-bond donors (Lipinski definition) is 1. The average Bonchev–Trinajstić information content (AvgIpc) is 2.33. The molecule has 1 aliphatic rings. The predicted octanol–water partition coefficient (Wildman–Crippen LogP) is 2.16. The second-order valence-corrected chi connectivity index (χ2v) is 6.25. The number of nitrogens with zero attached hydrogens (tertiary/aromatic N) is 1. The highest BCUT2D eigenvalue weighted by Crippen LogP contribution is 2.28. The number of thioether (sulfide) groups is 1. The first kappa shape index (κ1) is 12.9. The van der Waals surface area contributed by atoms with E-state index in [4.69, 9.17) is 5.73 Å². The van der Waals surface area contributed by atoms with E-state index in [0.29, 0.717) is 24.1 Å². The molecule has 92 valence electrons. The van der Waals surface area contributed by atoms with Crippen molar-refractivity contribution in [1.29, 1.82) is 0 Å². The third-order valence-electron chi connectivity index (χ3n) is 2.86. The molecule has 0 aromatic heterocycles. The van der Waals surface area contributed by atoms with Gasteiger partial charge in [-0.15, -0.1) is 11.8 Å². The fraction of sp³-hybridized carbons (Fsp3) is 0.417. The second kappa shape index (κ2) is 5.42. The van der Waals surface area contributed by atoms with Crippen LogP contribution in [0.15, 0.2) is 22.7 Å². The van der Waals surface area contributed by atoms with Gasteiger partial charge in [0.25, 0.3) is 0 Å². The fourth-order valence-electron chi connectivity index (χ4n) is 1.77. The Kier molecular flexibility index (Phi) is 4.12. The van der Waals surface area contributed by atoms with Gasteiger partial charge in [-0.25, -0.2) is 0 Å². The molecule has 0 saturated carbocycles. The first-order valence-electron chi connectivity index (χ1n) is 5.50. The van der Waals surface area contributed by atoms with Crippen LogP contribution in [0.4, 0.5) is 5.69 Å². The van der Waals surface area contributed by atoms with Crippen molar-refractivity contribution in [2.24, 2.45) is 5.73 Å². The van der Waals surface area contributed by atoms with Gasteiger partial charge in [-0.1, -0.05) is 22.0 Å². The SMILES string of the molecule is Cc1ccc(N2CC(CN)SCC2=O)cc1Br. The van der Waals surface area contributed by atoms with Crippen molar-refractivity contribution in [3.63, 3.8) is 0 Å². The highest BCUT2D eigenvalue weighted by Gasteiger charge is 2.26. The maximum atomic E-state index is 11.9. The quantitative estimate of drug-likeness (QED) is 0.910. The largest absolute Gasteiger partial charge is 0.329 e. The lowest BCUT2D eigenvalue weighted by atomic mass is 10.2. The van der Waals surface area contributed by atoms with E-state index in [-0.39, 0.29) is 5.91 Å². The van der Waals surface area contributed by atoms with Crippen molar-refractivity contribution >= 4 is 39.3 Å². The van der Waals surface area contributed by atoms with Gasteiger partial charge in [0.2, 0.25) is 5.91 Å². The molecule has 17 heavy (non-hydrogen) atoms. The molecule has 5 heteroatoms. The number of anilines is 1. The Morgan fingerprint density at radius 2 is 2.35 bits per heavy atom. The molecule has 1 amide bonds. The van der Waals surface area contributed by atoms with Crippen molar-refractivity contribution in [2.45, 2.75) is 12.2 Å². The summed E-state index contributed by atoms with van der Waals surface area (Å²) in [5.74, 6) is 0.684. The zero-order valence-corrected chi connectivity index (χ0v) is 12.1. The van der Waals surface area contributed by atoms with E-state index in [1.54, 1.807) is 11.8 Å². The number of rotatable bonds is 2. The van der Waals surface area contributed by atoms with Crippen molar-refractivity contribution in [2.75, 3.05) is 23.7 Å². The van der Waals surface area contributed by atoms with E-state index in [9.17, 15) is 4.79 Å². The Hall–Kier alpha value is -0.520. The molecule has 0 bridgehead atoms. The Bertz CT molecular complexity index is 439. The van der Waals surface area contributed by atoms with Crippen molar-refractivity contribution in [3.05, 3.63) is 28.2 Å². The number of nitrogens with two attached hydrogens (primary N) is 1. The minimum absolute atomic E-state index is 0.162. The summed E-state index contributed by atoms with van der Waals surface area (Å²) in [5.41, 5.74) is 7.79. The highest BCUT2D eigenvalue weighted by molar-refractivity contribution is 9.10. The lowest BCUT2D eigenvalue weighted by molar-refractivity contribution is -0.116. The van der Waals surface area contributed by atoms with E-state index < -0.39 is 0 Å². The van der Waals surface area contributed by atoms with Gasteiger partial charge >= 0.3 is 0 Å². The van der Waals surface area contributed by atoms with E-state index in [1.807, 2.05) is 30.0 Å². The number of benzene rings is 1. The van der Waals surface area contributed by atoms with Crippen LogP contribution in [0.1, 0.15) is 5.56 Å². The van der Waals surface area contributed by atoms with E-state index >= 15 is 0 Å². The van der Waals surface area contributed by atoms with Crippen LogP contribution in [0.25, 0.3) is 0 Å². The maximum absolute atomic E-state index is 11.9. The summed E-state index contributed by atoms with van der Waals surface area (Å²) in [4.78, 5) is 13.7. The number of aryl methyl sites for hydroxylation is 1. The number of hydrogen-bond acceptors (Lipinski definition) is 3. The Morgan fingerprint density at radius 1 is 1.59 bits per heavy atom. The van der Waals surface area contributed by atoms with E-state index in [2.05, 4.69) is 15.9 Å². The monoisotopic (exact) mass is 314 g/mol. The molecule has 1 heterocycles. The van der Waals surface area contributed by atoms with Gasteiger partial charge in [0.15, 0.2) is 0 Å². The third-order valence-corrected chi connectivity index (χ3v) is 4.94. The molecular weight excluding hydrogens is 300 g/mol. The van der Waals surface area contributed by atoms with Crippen LogP contribution >= 0.6 is 27.7 Å². The van der Waals surface area contributed by atoms with Crippen LogP contribution in [0.5, 0.6) is 0 Å². The molecule has 1 aromatic rings. The van der Waals surface area contributed by atoms with Crippen LogP contribution in [0.3, 0.4) is 0 Å². The highest BCUT2D eigenvalue weighted by atomic mass is 79.9. The summed E-state index contributed by atoms with van der Waals surface area (Å²) < 4.78 is 1.03. The Labute approximate surface area is 114 Å². The van der Waals surface area contributed by atoms with E-state index in [1.165, 1.54) is 5.56 Å². The Morgan fingerprint density at radius 3 is 3.00 bits per heavy atom. The molecule has 0 radical (unpaired) electrons. The summed E-state index contributed by atoms with van der Waals surface area (Å²) >= 11 is 5.15. The first-order chi connectivity index (χ1) is 8.11. The van der Waals surface area contributed by atoms with Crippen LogP contribution in [0, 0.1) is 6.92 Å². The summed E-state index contributed by atoms with van der Waals surface area (Å²) in [6, 6.07) is 6.00. The van der Waals surface area contributed by atoms with Gasteiger partial charge in [-0.05, 0) is 24.6 Å². The molecule has 1 aliphatic heterocycles. The third kappa shape index (κ3) is 2.84. The summed E-state index contributed by atoms with van der Waals surface area (Å²) in [6.07, 6.45) is 0.